The van der Waals surface area contributed by atoms with Crippen LogP contribution in [0.3, 0.4) is 0 Å². The number of esters is 1. The highest BCUT2D eigenvalue weighted by Gasteiger charge is 2.22. The van der Waals surface area contributed by atoms with E-state index in [0.717, 1.165) is 12.8 Å². The van der Waals surface area contributed by atoms with Crippen molar-refractivity contribution in [2.24, 2.45) is 0 Å². The van der Waals surface area contributed by atoms with Crippen molar-refractivity contribution in [3.8, 4) is 17.2 Å². The van der Waals surface area contributed by atoms with Gasteiger partial charge in [0.15, 0.2) is 17.1 Å². The zero-order valence-electron chi connectivity index (χ0n) is 18.6. The summed E-state index contributed by atoms with van der Waals surface area (Å²) in [4.78, 5) is 23.9. The van der Waals surface area contributed by atoms with Gasteiger partial charge in [-0.3, -0.25) is 4.79 Å². The highest BCUT2D eigenvalue weighted by molar-refractivity contribution is 5.90. The quantitative estimate of drug-likeness (QED) is 0.225. The van der Waals surface area contributed by atoms with Crippen LogP contribution in [0.25, 0.3) is 11.0 Å². The van der Waals surface area contributed by atoms with Gasteiger partial charge in [-0.05, 0) is 32.4 Å². The van der Waals surface area contributed by atoms with Gasteiger partial charge < -0.3 is 18.6 Å². The first-order valence-electron chi connectivity index (χ1n) is 11.0. The molecule has 6 heteroatoms. The van der Waals surface area contributed by atoms with Gasteiger partial charge in [0, 0.05) is 6.92 Å². The van der Waals surface area contributed by atoms with Crippen molar-refractivity contribution < 1.29 is 23.4 Å². The average molecular weight is 419 g/mol. The third-order valence-corrected chi connectivity index (χ3v) is 4.66. The molecule has 1 aromatic carbocycles. The van der Waals surface area contributed by atoms with Crippen molar-refractivity contribution in [3.05, 3.63) is 28.6 Å². The predicted molar refractivity (Wildman–Crippen MR) is 118 cm³/mol. The lowest BCUT2D eigenvalue weighted by molar-refractivity contribution is -0.132. The highest BCUT2D eigenvalue weighted by Crippen LogP contribution is 2.37. The Kier molecular flexibility index (Phi) is 9.71. The number of fused-ring (bicyclic) bond motifs is 1. The molecule has 0 aliphatic heterocycles. The van der Waals surface area contributed by atoms with Gasteiger partial charge >= 0.3 is 11.6 Å². The number of para-hydroxylation sites is 1. The second-order valence-corrected chi connectivity index (χ2v) is 7.76. The molecule has 0 spiro atoms. The van der Waals surface area contributed by atoms with E-state index in [1.54, 1.807) is 18.2 Å². The summed E-state index contributed by atoms with van der Waals surface area (Å²) in [6.07, 6.45) is 9.50. The largest absolute Gasteiger partial charge is 0.490 e. The smallest absolute Gasteiger partial charge is 0.383 e. The zero-order valence-corrected chi connectivity index (χ0v) is 18.6. The molecule has 0 radical (unpaired) electrons. The molecule has 0 saturated heterocycles. The Bertz CT molecular complexity index is 868. The van der Waals surface area contributed by atoms with Gasteiger partial charge in [0.2, 0.25) is 0 Å². The zero-order chi connectivity index (χ0) is 21.9. The molecular formula is C24H34O6. The van der Waals surface area contributed by atoms with Crippen LogP contribution in [0, 0.1) is 0 Å². The first kappa shape index (κ1) is 23.8. The van der Waals surface area contributed by atoms with Gasteiger partial charge in [-0.2, -0.15) is 0 Å². The number of carbonyl (C=O) groups excluding carboxylic acids is 1. The van der Waals surface area contributed by atoms with E-state index in [4.69, 9.17) is 18.6 Å². The second-order valence-electron chi connectivity index (χ2n) is 7.76. The van der Waals surface area contributed by atoms with E-state index < -0.39 is 11.6 Å². The van der Waals surface area contributed by atoms with E-state index in [9.17, 15) is 9.59 Å². The Morgan fingerprint density at radius 2 is 1.67 bits per heavy atom. The van der Waals surface area contributed by atoms with Crippen molar-refractivity contribution in [1.82, 2.24) is 0 Å². The number of carbonyl (C=O) groups is 1. The lowest BCUT2D eigenvalue weighted by Gasteiger charge is -2.16. The van der Waals surface area contributed by atoms with Crippen LogP contribution in [0.2, 0.25) is 0 Å². The Morgan fingerprint density at radius 3 is 2.30 bits per heavy atom. The molecule has 0 N–H and O–H groups in total. The summed E-state index contributed by atoms with van der Waals surface area (Å²) in [6, 6.07) is 5.32. The third kappa shape index (κ3) is 7.08. The summed E-state index contributed by atoms with van der Waals surface area (Å²) in [5.41, 5.74) is -0.468. The summed E-state index contributed by atoms with van der Waals surface area (Å²) < 4.78 is 22.2. The molecule has 1 aromatic heterocycles. The topological polar surface area (TPSA) is 75.0 Å². The summed E-state index contributed by atoms with van der Waals surface area (Å²) in [5, 5.41) is 0.535. The average Bonchev–Trinajstić information content (AvgIpc) is 2.69. The van der Waals surface area contributed by atoms with Crippen LogP contribution in [0.15, 0.2) is 27.4 Å². The van der Waals surface area contributed by atoms with E-state index in [-0.39, 0.29) is 17.6 Å². The molecule has 30 heavy (non-hydrogen) atoms. The van der Waals surface area contributed by atoms with Crippen LogP contribution < -0.4 is 19.8 Å². The molecule has 2 aromatic rings. The van der Waals surface area contributed by atoms with Crippen LogP contribution in [0.5, 0.6) is 17.2 Å². The van der Waals surface area contributed by atoms with Gasteiger partial charge in [0.25, 0.3) is 5.75 Å². The number of ether oxygens (including phenoxy) is 3. The number of unbranched alkanes of at least 4 members (excludes halogenated alkanes) is 7. The van der Waals surface area contributed by atoms with E-state index in [1.807, 2.05) is 13.8 Å². The fourth-order valence-corrected chi connectivity index (χ4v) is 3.27. The normalized spacial score (nSPS) is 11.1. The lowest BCUT2D eigenvalue weighted by Crippen LogP contribution is -2.16. The monoisotopic (exact) mass is 418 g/mol. The van der Waals surface area contributed by atoms with Crippen LogP contribution >= 0.6 is 0 Å². The summed E-state index contributed by atoms with van der Waals surface area (Å²) in [6.45, 7) is 7.67. The van der Waals surface area contributed by atoms with Gasteiger partial charge in [0.05, 0.1) is 18.1 Å². The van der Waals surface area contributed by atoms with E-state index in [2.05, 4.69) is 6.92 Å². The Labute approximate surface area is 178 Å². The molecule has 0 amide bonds. The maximum Gasteiger partial charge on any atom is 0.383 e. The highest BCUT2D eigenvalue weighted by atomic mass is 16.6. The molecule has 0 fully saturated rings. The molecule has 0 bridgehead atoms. The molecule has 0 saturated carbocycles. The minimum atomic E-state index is -0.767. The van der Waals surface area contributed by atoms with Crippen molar-refractivity contribution in [2.45, 2.75) is 85.2 Å². The SMILES string of the molecule is CCCCCCCCCCOc1cccc2c(OC(C)C)c(OC(C)=O)c(=O)oc12. The molecule has 0 unspecified atom stereocenters. The summed E-state index contributed by atoms with van der Waals surface area (Å²) in [5.74, 6) is -0.166. The van der Waals surface area contributed by atoms with Crippen LogP contribution in [-0.2, 0) is 4.79 Å². The predicted octanol–water partition coefficient (Wildman–Crippen LogP) is 6.03. The molecule has 0 aliphatic carbocycles. The number of rotatable bonds is 13. The standard InChI is InChI=1S/C24H34O6/c1-5-6-7-8-9-10-11-12-16-27-20-15-13-14-19-21(20)30-24(26)23(29-18(4)25)22(19)28-17(2)3/h13-15,17H,5-12,16H2,1-4H3. The minimum absolute atomic E-state index is 0.198. The Balaban J connectivity index is 2.10. The molecule has 1 heterocycles. The van der Waals surface area contributed by atoms with Crippen LogP contribution in [0.4, 0.5) is 0 Å². The van der Waals surface area contributed by atoms with Crippen molar-refractivity contribution in [1.29, 1.82) is 0 Å². The Hall–Kier alpha value is -2.50. The van der Waals surface area contributed by atoms with Crippen LogP contribution in [0.1, 0.15) is 79.1 Å². The van der Waals surface area contributed by atoms with E-state index in [0.29, 0.717) is 23.3 Å². The molecule has 0 atom stereocenters. The van der Waals surface area contributed by atoms with E-state index in [1.165, 1.54) is 45.4 Å². The van der Waals surface area contributed by atoms with Crippen LogP contribution in [-0.4, -0.2) is 18.7 Å². The van der Waals surface area contributed by atoms with Crippen molar-refractivity contribution in [3.63, 3.8) is 0 Å². The van der Waals surface area contributed by atoms with E-state index >= 15 is 0 Å². The fraction of sp³-hybridized carbons (Fsp3) is 0.583. The number of hydrogen-bond donors (Lipinski definition) is 0. The van der Waals surface area contributed by atoms with Gasteiger partial charge in [-0.15, -0.1) is 0 Å². The Morgan fingerprint density at radius 1 is 1.00 bits per heavy atom. The fourth-order valence-electron chi connectivity index (χ4n) is 3.27. The van der Waals surface area contributed by atoms with Crippen molar-refractivity contribution >= 4 is 16.9 Å². The second kappa shape index (κ2) is 12.3. The number of hydrogen-bond acceptors (Lipinski definition) is 6. The number of benzene rings is 1. The third-order valence-electron chi connectivity index (χ3n) is 4.66. The molecule has 0 aliphatic rings. The lowest BCUT2D eigenvalue weighted by atomic mass is 10.1. The molecular weight excluding hydrogens is 384 g/mol. The first-order chi connectivity index (χ1) is 14.4. The summed E-state index contributed by atoms with van der Waals surface area (Å²) >= 11 is 0. The molecule has 166 valence electrons. The maximum absolute atomic E-state index is 12.5. The minimum Gasteiger partial charge on any atom is -0.490 e. The van der Waals surface area contributed by atoms with Crippen molar-refractivity contribution in [2.75, 3.05) is 6.61 Å². The van der Waals surface area contributed by atoms with Gasteiger partial charge in [-0.25, -0.2) is 4.79 Å². The van der Waals surface area contributed by atoms with Gasteiger partial charge in [0.1, 0.15) is 0 Å². The van der Waals surface area contributed by atoms with Gasteiger partial charge in [-0.1, -0.05) is 57.9 Å². The summed E-state index contributed by atoms with van der Waals surface area (Å²) in [7, 11) is 0. The molecule has 2 rings (SSSR count). The maximum atomic E-state index is 12.5. The molecule has 6 nitrogen and oxygen atoms in total. The first-order valence-corrected chi connectivity index (χ1v) is 11.0.